The molecule has 0 unspecified atom stereocenters. The van der Waals surface area contributed by atoms with Gasteiger partial charge < -0.3 is 8.83 Å². The summed E-state index contributed by atoms with van der Waals surface area (Å²) >= 11 is 0. The van der Waals surface area contributed by atoms with Gasteiger partial charge in [-0.15, -0.1) is 0 Å². The molecular weight excluding hydrogens is 324 g/mol. The number of rotatable bonds is 2. The molecule has 0 aliphatic carbocycles. The van der Waals surface area contributed by atoms with E-state index in [0.29, 0.717) is 11.8 Å². The highest BCUT2D eigenvalue weighted by Gasteiger charge is 2.17. The molecule has 4 heteroatoms. The van der Waals surface area contributed by atoms with Crippen molar-refractivity contribution in [1.82, 2.24) is 9.97 Å². The Balaban J connectivity index is 1.70. The summed E-state index contributed by atoms with van der Waals surface area (Å²) < 4.78 is 12.0. The van der Waals surface area contributed by atoms with Gasteiger partial charge in [-0.3, -0.25) is 0 Å². The lowest BCUT2D eigenvalue weighted by Gasteiger charge is -2.01. The van der Waals surface area contributed by atoms with Gasteiger partial charge in [0, 0.05) is 11.1 Å². The van der Waals surface area contributed by atoms with Crippen molar-refractivity contribution in [2.75, 3.05) is 0 Å². The van der Waals surface area contributed by atoms with E-state index in [1.807, 2.05) is 74.5 Å². The van der Waals surface area contributed by atoms with Gasteiger partial charge in [0.25, 0.3) is 0 Å². The number of aromatic nitrogens is 2. The number of hydrogen-bond acceptors (Lipinski definition) is 4. The van der Waals surface area contributed by atoms with Gasteiger partial charge in [-0.05, 0) is 61.4 Å². The summed E-state index contributed by atoms with van der Waals surface area (Å²) in [5.41, 5.74) is 7.28. The minimum Gasteiger partial charge on any atom is -0.436 e. The summed E-state index contributed by atoms with van der Waals surface area (Å²) in [7, 11) is 0. The molecule has 5 rings (SSSR count). The number of benzene rings is 3. The maximum absolute atomic E-state index is 5.98. The van der Waals surface area contributed by atoms with E-state index in [-0.39, 0.29) is 0 Å². The van der Waals surface area contributed by atoms with Crippen LogP contribution in [0.5, 0.6) is 0 Å². The minimum absolute atomic E-state index is 0.569. The first-order valence-corrected chi connectivity index (χ1v) is 8.51. The van der Waals surface area contributed by atoms with Crippen LogP contribution in [-0.2, 0) is 0 Å². The lowest BCUT2D eigenvalue weighted by atomic mass is 10.1. The third-order valence-electron chi connectivity index (χ3n) is 4.47. The number of nitrogens with zero attached hydrogens (tertiary/aromatic N) is 2. The fourth-order valence-corrected chi connectivity index (χ4v) is 3.16. The molecule has 0 radical (unpaired) electrons. The second-order valence-electron chi connectivity index (χ2n) is 6.53. The van der Waals surface area contributed by atoms with E-state index in [1.54, 1.807) is 0 Å². The van der Waals surface area contributed by atoms with Gasteiger partial charge in [0.15, 0.2) is 11.2 Å². The molecule has 2 heterocycles. The van der Waals surface area contributed by atoms with Crippen LogP contribution in [-0.4, -0.2) is 9.97 Å². The summed E-state index contributed by atoms with van der Waals surface area (Å²) in [6.45, 7) is 4.09. The standard InChI is InChI=1S/C22H16N2O2/c1-13-7-9-19-17(11-13)23-21(25-19)15-5-3-4-6-16(15)22-24-18-12-14(2)8-10-20(18)26-22/h3-12H,1-2H3. The smallest absolute Gasteiger partial charge is 0.228 e. The van der Waals surface area contributed by atoms with Gasteiger partial charge >= 0.3 is 0 Å². The maximum Gasteiger partial charge on any atom is 0.228 e. The van der Waals surface area contributed by atoms with Crippen molar-refractivity contribution in [3.63, 3.8) is 0 Å². The van der Waals surface area contributed by atoms with Crippen molar-refractivity contribution in [1.29, 1.82) is 0 Å². The van der Waals surface area contributed by atoms with Gasteiger partial charge in [0.05, 0.1) is 0 Å². The highest BCUT2D eigenvalue weighted by atomic mass is 16.4. The van der Waals surface area contributed by atoms with Crippen molar-refractivity contribution in [3.05, 3.63) is 71.8 Å². The van der Waals surface area contributed by atoms with Crippen LogP contribution in [0.15, 0.2) is 69.5 Å². The molecule has 0 aliphatic rings. The Morgan fingerprint density at radius 2 is 1.08 bits per heavy atom. The molecule has 0 saturated heterocycles. The molecule has 126 valence electrons. The van der Waals surface area contributed by atoms with Crippen molar-refractivity contribution >= 4 is 22.2 Å². The van der Waals surface area contributed by atoms with Gasteiger partial charge in [-0.25, -0.2) is 9.97 Å². The molecule has 0 amide bonds. The summed E-state index contributed by atoms with van der Waals surface area (Å²) in [4.78, 5) is 9.32. The Bertz CT molecular complexity index is 1160. The molecule has 0 fully saturated rings. The molecule has 26 heavy (non-hydrogen) atoms. The van der Waals surface area contributed by atoms with E-state index in [9.17, 15) is 0 Å². The summed E-state index contributed by atoms with van der Waals surface area (Å²) in [5, 5.41) is 0. The molecule has 0 aliphatic heterocycles. The number of fused-ring (bicyclic) bond motifs is 2. The van der Waals surface area contributed by atoms with E-state index in [0.717, 1.165) is 44.5 Å². The van der Waals surface area contributed by atoms with Crippen molar-refractivity contribution in [3.8, 4) is 22.9 Å². The Kier molecular flexibility index (Phi) is 3.19. The molecule has 0 atom stereocenters. The fourth-order valence-electron chi connectivity index (χ4n) is 3.16. The van der Waals surface area contributed by atoms with Gasteiger partial charge in [0.1, 0.15) is 11.0 Å². The number of oxazole rings is 2. The molecule has 4 nitrogen and oxygen atoms in total. The third-order valence-corrected chi connectivity index (χ3v) is 4.47. The van der Waals surface area contributed by atoms with Crippen LogP contribution in [0, 0.1) is 13.8 Å². The zero-order valence-corrected chi connectivity index (χ0v) is 14.5. The van der Waals surface area contributed by atoms with Gasteiger partial charge in [0.2, 0.25) is 11.8 Å². The second-order valence-corrected chi connectivity index (χ2v) is 6.53. The van der Waals surface area contributed by atoms with Crippen molar-refractivity contribution in [2.24, 2.45) is 0 Å². The van der Waals surface area contributed by atoms with E-state index >= 15 is 0 Å². The Morgan fingerprint density at radius 1 is 0.615 bits per heavy atom. The predicted molar refractivity (Wildman–Crippen MR) is 102 cm³/mol. The maximum atomic E-state index is 5.98. The van der Waals surface area contributed by atoms with E-state index in [1.165, 1.54) is 0 Å². The molecule has 3 aromatic carbocycles. The van der Waals surface area contributed by atoms with E-state index in [4.69, 9.17) is 8.83 Å². The molecular formula is C22H16N2O2. The third kappa shape index (κ3) is 2.39. The van der Waals surface area contributed by atoms with Crippen LogP contribution >= 0.6 is 0 Å². The normalized spacial score (nSPS) is 11.5. The summed E-state index contributed by atoms with van der Waals surface area (Å²) in [6, 6.07) is 19.9. The predicted octanol–water partition coefficient (Wildman–Crippen LogP) is 5.92. The lowest BCUT2D eigenvalue weighted by molar-refractivity contribution is 0.611. The molecule has 0 N–H and O–H groups in total. The fraction of sp³-hybridized carbons (Fsp3) is 0.0909. The zero-order valence-electron chi connectivity index (χ0n) is 14.5. The minimum atomic E-state index is 0.569. The summed E-state index contributed by atoms with van der Waals surface area (Å²) in [5.74, 6) is 1.14. The highest BCUT2D eigenvalue weighted by molar-refractivity contribution is 5.84. The molecule has 0 saturated carbocycles. The van der Waals surface area contributed by atoms with Crippen molar-refractivity contribution < 1.29 is 8.83 Å². The zero-order chi connectivity index (χ0) is 17.7. The number of hydrogen-bond donors (Lipinski definition) is 0. The van der Waals surface area contributed by atoms with Crippen LogP contribution < -0.4 is 0 Å². The molecule has 0 spiro atoms. The van der Waals surface area contributed by atoms with E-state index in [2.05, 4.69) is 9.97 Å². The molecule has 5 aromatic rings. The highest BCUT2D eigenvalue weighted by Crippen LogP contribution is 2.34. The van der Waals surface area contributed by atoms with Gasteiger partial charge in [-0.1, -0.05) is 24.3 Å². The Morgan fingerprint density at radius 3 is 1.54 bits per heavy atom. The molecule has 0 bridgehead atoms. The first-order valence-electron chi connectivity index (χ1n) is 8.51. The van der Waals surface area contributed by atoms with Crippen molar-refractivity contribution in [2.45, 2.75) is 13.8 Å². The monoisotopic (exact) mass is 340 g/mol. The molecule has 2 aromatic heterocycles. The van der Waals surface area contributed by atoms with Crippen LogP contribution in [0.25, 0.3) is 45.1 Å². The quantitative estimate of drug-likeness (QED) is 0.400. The summed E-state index contributed by atoms with van der Waals surface area (Å²) in [6.07, 6.45) is 0. The average Bonchev–Trinajstić information content (AvgIpc) is 3.24. The van der Waals surface area contributed by atoms with Crippen LogP contribution in [0.4, 0.5) is 0 Å². The van der Waals surface area contributed by atoms with Crippen LogP contribution in [0.2, 0.25) is 0 Å². The van der Waals surface area contributed by atoms with Crippen LogP contribution in [0.3, 0.4) is 0 Å². The first kappa shape index (κ1) is 14.9. The Hall–Kier alpha value is -3.40. The second kappa shape index (κ2) is 5.56. The number of aryl methyl sites for hydroxylation is 2. The largest absolute Gasteiger partial charge is 0.436 e. The first-order chi connectivity index (χ1) is 12.7. The van der Waals surface area contributed by atoms with Crippen LogP contribution in [0.1, 0.15) is 11.1 Å². The Labute approximate surface area is 150 Å². The SMILES string of the molecule is Cc1ccc2oc(-c3ccccc3-c3nc4cc(C)ccc4o3)nc2c1. The van der Waals surface area contributed by atoms with E-state index < -0.39 is 0 Å². The van der Waals surface area contributed by atoms with Gasteiger partial charge in [-0.2, -0.15) is 0 Å². The topological polar surface area (TPSA) is 52.1 Å². The average molecular weight is 340 g/mol. The lowest BCUT2D eigenvalue weighted by Crippen LogP contribution is -1.85.